The van der Waals surface area contributed by atoms with Crippen molar-refractivity contribution in [2.45, 2.75) is 27.3 Å². The summed E-state index contributed by atoms with van der Waals surface area (Å²) in [6.07, 6.45) is 0. The summed E-state index contributed by atoms with van der Waals surface area (Å²) in [6, 6.07) is 5.78. The number of ether oxygens (including phenoxy) is 1. The Morgan fingerprint density at radius 3 is 2.61 bits per heavy atom. The van der Waals surface area contributed by atoms with Gasteiger partial charge in [-0.3, -0.25) is 0 Å². The molecule has 0 saturated heterocycles. The second-order valence-corrected chi connectivity index (χ2v) is 5.54. The molecule has 0 radical (unpaired) electrons. The Morgan fingerprint density at radius 1 is 1.33 bits per heavy atom. The maximum absolute atomic E-state index is 6.13. The molecule has 0 bridgehead atoms. The number of nitrogens with one attached hydrogen (secondary N) is 1. The van der Waals surface area contributed by atoms with Gasteiger partial charge in [-0.15, -0.1) is 0 Å². The Hall–Kier alpha value is -1.17. The molecule has 98 valence electrons. The summed E-state index contributed by atoms with van der Waals surface area (Å²) in [7, 11) is 1.90. The van der Waals surface area contributed by atoms with Gasteiger partial charge in [-0.05, 0) is 45.5 Å². The summed E-state index contributed by atoms with van der Waals surface area (Å²) in [4.78, 5) is 0. The Kier molecular flexibility index (Phi) is 5.53. The molecular weight excluding hydrogens is 246 g/mol. The van der Waals surface area contributed by atoms with E-state index in [-0.39, 0.29) is 5.41 Å². The number of hydrogen-bond donors (Lipinski definition) is 1. The molecule has 0 saturated carbocycles. The molecule has 0 aliphatic carbocycles. The first kappa shape index (κ1) is 14.9. The van der Waals surface area contributed by atoms with Gasteiger partial charge >= 0.3 is 0 Å². The molecule has 0 fully saturated rings. The molecule has 0 atom stereocenters. The minimum atomic E-state index is 0.00378. The van der Waals surface area contributed by atoms with Crippen molar-refractivity contribution in [3.8, 4) is 17.6 Å². The second-order valence-electron chi connectivity index (χ2n) is 5.14. The lowest BCUT2D eigenvalue weighted by Gasteiger charge is -2.08. The Labute approximate surface area is 115 Å². The van der Waals surface area contributed by atoms with Crippen molar-refractivity contribution in [1.82, 2.24) is 5.32 Å². The third-order valence-corrected chi connectivity index (χ3v) is 2.44. The molecule has 0 amide bonds. The number of rotatable bonds is 4. The van der Waals surface area contributed by atoms with Crippen LogP contribution in [0.4, 0.5) is 0 Å². The van der Waals surface area contributed by atoms with Gasteiger partial charge in [0, 0.05) is 12.0 Å². The molecular formula is C15H20ClNO. The van der Waals surface area contributed by atoms with E-state index in [9.17, 15) is 0 Å². The standard InChI is InChI=1S/C15H20ClNO/c1-15(2,3)8-5-9-18-14-7-6-12(11-17-4)10-13(14)16/h6-7,10,17H,9,11H2,1-4H3. The molecule has 1 rings (SSSR count). The van der Waals surface area contributed by atoms with Crippen molar-refractivity contribution in [1.29, 1.82) is 0 Å². The topological polar surface area (TPSA) is 21.3 Å². The van der Waals surface area contributed by atoms with Gasteiger partial charge in [-0.2, -0.15) is 0 Å². The van der Waals surface area contributed by atoms with Crippen molar-refractivity contribution >= 4 is 11.6 Å². The molecule has 1 N–H and O–H groups in total. The molecule has 0 unspecified atom stereocenters. The zero-order valence-corrected chi connectivity index (χ0v) is 12.2. The molecule has 2 nitrogen and oxygen atoms in total. The Balaban J connectivity index is 2.60. The number of hydrogen-bond acceptors (Lipinski definition) is 2. The summed E-state index contributed by atoms with van der Waals surface area (Å²) in [5.41, 5.74) is 1.14. The van der Waals surface area contributed by atoms with E-state index >= 15 is 0 Å². The van der Waals surface area contributed by atoms with Crippen LogP contribution in [0.1, 0.15) is 26.3 Å². The summed E-state index contributed by atoms with van der Waals surface area (Å²) >= 11 is 6.13. The lowest BCUT2D eigenvalue weighted by Crippen LogP contribution is -2.05. The van der Waals surface area contributed by atoms with Crippen LogP contribution < -0.4 is 10.1 Å². The van der Waals surface area contributed by atoms with Gasteiger partial charge in [0.25, 0.3) is 0 Å². The van der Waals surface area contributed by atoms with Gasteiger partial charge in [0.15, 0.2) is 0 Å². The second kappa shape index (κ2) is 6.68. The molecule has 0 aliphatic heterocycles. The highest BCUT2D eigenvalue weighted by Crippen LogP contribution is 2.25. The zero-order valence-electron chi connectivity index (χ0n) is 11.4. The SMILES string of the molecule is CNCc1ccc(OCC#CC(C)(C)C)c(Cl)c1. The van der Waals surface area contributed by atoms with Gasteiger partial charge in [-0.25, -0.2) is 0 Å². The van der Waals surface area contributed by atoms with Crippen molar-refractivity contribution in [3.05, 3.63) is 28.8 Å². The van der Waals surface area contributed by atoms with Crippen LogP contribution in [0, 0.1) is 17.3 Å². The first-order chi connectivity index (χ1) is 8.42. The Morgan fingerprint density at radius 2 is 2.06 bits per heavy atom. The molecule has 0 aliphatic rings. The van der Waals surface area contributed by atoms with E-state index in [2.05, 4.69) is 37.9 Å². The molecule has 0 aromatic heterocycles. The molecule has 0 heterocycles. The zero-order chi connectivity index (χ0) is 13.6. The van der Waals surface area contributed by atoms with Crippen molar-refractivity contribution in [3.63, 3.8) is 0 Å². The van der Waals surface area contributed by atoms with Crippen LogP contribution in [0.5, 0.6) is 5.75 Å². The first-order valence-electron chi connectivity index (χ1n) is 5.98. The average molecular weight is 266 g/mol. The fourth-order valence-corrected chi connectivity index (χ4v) is 1.65. The smallest absolute Gasteiger partial charge is 0.149 e. The fraction of sp³-hybridized carbons (Fsp3) is 0.467. The predicted octanol–water partition coefficient (Wildman–Crippen LogP) is 3.49. The largest absolute Gasteiger partial charge is 0.479 e. The van der Waals surface area contributed by atoms with E-state index in [4.69, 9.17) is 16.3 Å². The van der Waals surface area contributed by atoms with Gasteiger partial charge in [-0.1, -0.05) is 29.5 Å². The van der Waals surface area contributed by atoms with Crippen LogP contribution in [-0.4, -0.2) is 13.7 Å². The molecule has 1 aromatic carbocycles. The van der Waals surface area contributed by atoms with Crippen LogP contribution >= 0.6 is 11.6 Å². The van der Waals surface area contributed by atoms with Crippen LogP contribution in [0.25, 0.3) is 0 Å². The first-order valence-corrected chi connectivity index (χ1v) is 6.36. The van der Waals surface area contributed by atoms with Crippen LogP contribution in [0.2, 0.25) is 5.02 Å². The molecule has 18 heavy (non-hydrogen) atoms. The maximum atomic E-state index is 6.13. The summed E-state index contributed by atoms with van der Waals surface area (Å²) < 4.78 is 5.54. The van der Waals surface area contributed by atoms with Gasteiger partial charge in [0.1, 0.15) is 12.4 Å². The third-order valence-electron chi connectivity index (χ3n) is 2.14. The van der Waals surface area contributed by atoms with E-state index in [1.807, 2.05) is 25.2 Å². The van der Waals surface area contributed by atoms with E-state index in [1.54, 1.807) is 0 Å². The third kappa shape index (κ3) is 5.44. The van der Waals surface area contributed by atoms with Crippen molar-refractivity contribution in [2.75, 3.05) is 13.7 Å². The van der Waals surface area contributed by atoms with Gasteiger partial charge in [0.2, 0.25) is 0 Å². The summed E-state index contributed by atoms with van der Waals surface area (Å²) in [5, 5.41) is 3.70. The highest BCUT2D eigenvalue weighted by Gasteiger charge is 2.04. The van der Waals surface area contributed by atoms with Crippen molar-refractivity contribution < 1.29 is 4.74 Å². The average Bonchev–Trinajstić information content (AvgIpc) is 2.26. The van der Waals surface area contributed by atoms with E-state index < -0.39 is 0 Å². The van der Waals surface area contributed by atoms with Gasteiger partial charge < -0.3 is 10.1 Å². The number of halogens is 1. The van der Waals surface area contributed by atoms with E-state index in [0.29, 0.717) is 17.4 Å². The van der Waals surface area contributed by atoms with Crippen LogP contribution in [0.3, 0.4) is 0 Å². The van der Waals surface area contributed by atoms with Crippen LogP contribution in [0.15, 0.2) is 18.2 Å². The summed E-state index contributed by atoms with van der Waals surface area (Å²) in [5.74, 6) is 6.79. The lowest BCUT2D eigenvalue weighted by atomic mass is 9.98. The predicted molar refractivity (Wildman–Crippen MR) is 76.9 cm³/mol. The fourth-order valence-electron chi connectivity index (χ4n) is 1.39. The van der Waals surface area contributed by atoms with E-state index in [1.165, 1.54) is 0 Å². The maximum Gasteiger partial charge on any atom is 0.149 e. The monoisotopic (exact) mass is 265 g/mol. The number of benzene rings is 1. The molecule has 1 aromatic rings. The highest BCUT2D eigenvalue weighted by molar-refractivity contribution is 6.32. The Bertz CT molecular complexity index is 452. The normalized spacial score (nSPS) is 10.7. The highest BCUT2D eigenvalue weighted by atomic mass is 35.5. The molecule has 0 spiro atoms. The quantitative estimate of drug-likeness (QED) is 0.842. The van der Waals surface area contributed by atoms with Gasteiger partial charge in [0.05, 0.1) is 5.02 Å². The van der Waals surface area contributed by atoms with E-state index in [0.717, 1.165) is 12.1 Å². The lowest BCUT2D eigenvalue weighted by molar-refractivity contribution is 0.369. The minimum Gasteiger partial charge on any atom is -0.479 e. The van der Waals surface area contributed by atoms with Crippen molar-refractivity contribution in [2.24, 2.45) is 5.41 Å². The minimum absolute atomic E-state index is 0.00378. The molecule has 3 heteroatoms. The van der Waals surface area contributed by atoms with Crippen LogP contribution in [-0.2, 0) is 6.54 Å². The summed E-state index contributed by atoms with van der Waals surface area (Å²) in [6.45, 7) is 7.37.